The Labute approximate surface area is 114 Å². The van der Waals surface area contributed by atoms with E-state index in [1.54, 1.807) is 12.1 Å². The molecule has 1 aromatic rings. The third-order valence-electron chi connectivity index (χ3n) is 1.90. The van der Waals surface area contributed by atoms with E-state index in [2.05, 4.69) is 0 Å². The summed E-state index contributed by atoms with van der Waals surface area (Å²) in [5.41, 5.74) is 0.919. The van der Waals surface area contributed by atoms with E-state index >= 15 is 0 Å². The number of halogens is 4. The Kier molecular flexibility index (Phi) is 4.98. The van der Waals surface area contributed by atoms with Crippen molar-refractivity contribution in [2.45, 2.75) is 17.4 Å². The maximum absolute atomic E-state index is 11.0. The summed E-state index contributed by atoms with van der Waals surface area (Å²) in [5, 5.41) is 0. The van der Waals surface area contributed by atoms with Gasteiger partial charge in [-0.1, -0.05) is 12.1 Å². The van der Waals surface area contributed by atoms with E-state index in [1.807, 2.05) is 0 Å². The predicted octanol–water partition coefficient (Wildman–Crippen LogP) is 3.81. The molecule has 0 aliphatic carbocycles. The first-order valence-electron chi connectivity index (χ1n) is 4.29. The maximum atomic E-state index is 11.0. The van der Waals surface area contributed by atoms with Gasteiger partial charge in [0.2, 0.25) is 0 Å². The molecule has 0 heterocycles. The van der Waals surface area contributed by atoms with Crippen LogP contribution in [0.5, 0.6) is 0 Å². The first kappa shape index (κ1) is 14.6. The fourth-order valence-corrected chi connectivity index (χ4v) is 3.30. The molecule has 0 N–H and O–H groups in total. The van der Waals surface area contributed by atoms with Crippen LogP contribution < -0.4 is 0 Å². The molecule has 0 bridgehead atoms. The Morgan fingerprint density at radius 2 is 1.56 bits per heavy atom. The van der Waals surface area contributed by atoms with Crippen LogP contribution in [0.4, 0.5) is 0 Å². The van der Waals surface area contributed by atoms with Gasteiger partial charge in [0.25, 0.3) is 9.05 Å². The molecule has 0 radical (unpaired) electrons. The van der Waals surface area contributed by atoms with Gasteiger partial charge in [-0.3, -0.25) is 0 Å². The molecule has 2 nitrogen and oxygen atoms in total. The first-order valence-corrected chi connectivity index (χ1v) is 11.8. The lowest BCUT2D eigenvalue weighted by atomic mass is 10.2. The monoisotopic (exact) mass is 336 g/mol. The lowest BCUT2D eigenvalue weighted by Crippen LogP contribution is -2.09. The van der Waals surface area contributed by atoms with Crippen LogP contribution in [-0.4, -0.2) is 14.4 Å². The minimum absolute atomic E-state index is 0.0732. The molecule has 0 saturated carbocycles. The molecule has 1 rings (SSSR count). The number of benzene rings is 1. The minimum Gasteiger partial charge on any atom is -0.207 e. The Morgan fingerprint density at radius 1 is 1.06 bits per heavy atom. The van der Waals surface area contributed by atoms with Crippen LogP contribution >= 0.6 is 43.9 Å². The molecule has 0 aromatic heterocycles. The van der Waals surface area contributed by atoms with Crippen LogP contribution in [-0.2, 0) is 15.5 Å². The quantitative estimate of drug-likeness (QED) is 0.475. The van der Waals surface area contributed by atoms with Gasteiger partial charge in [0.15, 0.2) is 0 Å². The SMILES string of the molecule is O=S(=O)(Cl)c1ccc(CC[Si](Cl)(Cl)Cl)cc1. The van der Waals surface area contributed by atoms with Crippen LogP contribution in [0.25, 0.3) is 0 Å². The van der Waals surface area contributed by atoms with Gasteiger partial charge in [-0.05, 0) is 30.2 Å². The molecule has 16 heavy (non-hydrogen) atoms. The van der Waals surface area contributed by atoms with E-state index in [4.69, 9.17) is 43.9 Å². The van der Waals surface area contributed by atoms with Crippen molar-refractivity contribution >= 4 is 59.0 Å². The number of rotatable bonds is 4. The molecule has 1 aromatic carbocycles. The van der Waals surface area contributed by atoms with Crippen molar-refractivity contribution < 1.29 is 8.42 Å². The smallest absolute Gasteiger partial charge is 0.207 e. The molecule has 0 unspecified atom stereocenters. The average Bonchev–Trinajstić information content (AvgIpc) is 2.13. The van der Waals surface area contributed by atoms with Crippen molar-refractivity contribution in [2.24, 2.45) is 0 Å². The van der Waals surface area contributed by atoms with E-state index in [9.17, 15) is 8.42 Å². The van der Waals surface area contributed by atoms with Gasteiger partial charge >= 0.3 is 6.00 Å². The van der Waals surface area contributed by atoms with Gasteiger partial charge in [-0.15, -0.1) is 33.2 Å². The zero-order chi connectivity index (χ0) is 12.4. The zero-order valence-electron chi connectivity index (χ0n) is 7.96. The van der Waals surface area contributed by atoms with Gasteiger partial charge in [-0.25, -0.2) is 8.42 Å². The molecular weight excluding hydrogens is 330 g/mol. The fourth-order valence-electron chi connectivity index (χ4n) is 1.10. The van der Waals surface area contributed by atoms with E-state index in [0.717, 1.165) is 5.56 Å². The molecule has 0 atom stereocenters. The van der Waals surface area contributed by atoms with Crippen LogP contribution in [0.15, 0.2) is 29.2 Å². The minimum atomic E-state index is -3.66. The summed E-state index contributed by atoms with van der Waals surface area (Å²) < 4.78 is 21.9. The second kappa shape index (κ2) is 5.46. The van der Waals surface area contributed by atoms with E-state index in [-0.39, 0.29) is 4.90 Å². The van der Waals surface area contributed by atoms with Crippen LogP contribution in [0.3, 0.4) is 0 Å². The zero-order valence-corrected chi connectivity index (χ0v) is 12.8. The summed E-state index contributed by atoms with van der Waals surface area (Å²) in [6, 6.07) is 4.10. The summed E-state index contributed by atoms with van der Waals surface area (Å²) in [6.07, 6.45) is 0.616. The van der Waals surface area contributed by atoms with Crippen LogP contribution in [0.1, 0.15) is 5.56 Å². The Balaban J connectivity index is 2.73. The third-order valence-corrected chi connectivity index (χ3v) is 5.79. The second-order valence-electron chi connectivity index (χ2n) is 3.20. The Bertz CT molecular complexity index is 452. The molecule has 0 amide bonds. The highest BCUT2D eigenvalue weighted by Crippen LogP contribution is 2.27. The summed E-state index contributed by atoms with van der Waals surface area (Å²) in [6.45, 7) is 0. The molecule has 0 aliphatic rings. The third kappa shape index (κ3) is 5.25. The molecular formula is C8H8Cl4O2SSi. The Hall–Kier alpha value is 0.547. The van der Waals surface area contributed by atoms with Gasteiger partial charge in [0.1, 0.15) is 0 Å². The summed E-state index contributed by atoms with van der Waals surface area (Å²) in [4.78, 5) is 0.0732. The number of hydrogen-bond donors (Lipinski definition) is 0. The van der Waals surface area contributed by atoms with E-state index in [0.29, 0.717) is 12.5 Å². The van der Waals surface area contributed by atoms with Crippen LogP contribution in [0.2, 0.25) is 6.04 Å². The van der Waals surface area contributed by atoms with Crippen molar-refractivity contribution in [1.29, 1.82) is 0 Å². The molecule has 0 spiro atoms. The van der Waals surface area contributed by atoms with Crippen molar-refractivity contribution in [3.63, 3.8) is 0 Å². The van der Waals surface area contributed by atoms with Crippen molar-refractivity contribution in [3.05, 3.63) is 29.8 Å². The Morgan fingerprint density at radius 3 is 1.94 bits per heavy atom. The highest BCUT2D eigenvalue weighted by Gasteiger charge is 2.24. The normalized spacial score (nSPS) is 12.8. The summed E-state index contributed by atoms with van der Waals surface area (Å²) in [7, 11) is 1.52. The van der Waals surface area contributed by atoms with E-state index < -0.39 is 15.1 Å². The largest absolute Gasteiger partial charge is 0.341 e. The van der Waals surface area contributed by atoms with E-state index in [1.165, 1.54) is 12.1 Å². The first-order chi connectivity index (χ1) is 7.18. The molecule has 8 heteroatoms. The average molecular weight is 338 g/mol. The standard InChI is InChI=1S/C8H8Cl4O2SSi/c9-15(13,14)8-3-1-7(2-4-8)5-6-16(10,11)12/h1-4H,5-6H2. The number of hydrogen-bond acceptors (Lipinski definition) is 2. The fraction of sp³-hybridized carbons (Fsp3) is 0.250. The van der Waals surface area contributed by atoms with Crippen molar-refractivity contribution in [1.82, 2.24) is 0 Å². The molecule has 0 fully saturated rings. The van der Waals surface area contributed by atoms with Crippen molar-refractivity contribution in [3.8, 4) is 0 Å². The molecule has 90 valence electrons. The highest BCUT2D eigenvalue weighted by atomic mass is 35.8. The van der Waals surface area contributed by atoms with Gasteiger partial charge in [-0.2, -0.15) is 0 Å². The predicted molar refractivity (Wildman–Crippen MR) is 71.3 cm³/mol. The summed E-state index contributed by atoms with van der Waals surface area (Å²) >= 11 is 17.2. The van der Waals surface area contributed by atoms with Gasteiger partial charge in [0.05, 0.1) is 4.90 Å². The van der Waals surface area contributed by atoms with Gasteiger partial charge in [0, 0.05) is 10.7 Å². The van der Waals surface area contributed by atoms with Crippen molar-refractivity contribution in [2.75, 3.05) is 0 Å². The highest BCUT2D eigenvalue weighted by molar-refractivity contribution is 8.13. The molecule has 0 saturated heterocycles. The molecule has 0 aliphatic heterocycles. The summed E-state index contributed by atoms with van der Waals surface area (Å²) in [5.74, 6) is 0. The lowest BCUT2D eigenvalue weighted by Gasteiger charge is -2.07. The lowest BCUT2D eigenvalue weighted by molar-refractivity contribution is 0.609. The maximum Gasteiger partial charge on any atom is 0.341 e. The number of aryl methyl sites for hydroxylation is 1. The second-order valence-corrected chi connectivity index (χ2v) is 15.0. The van der Waals surface area contributed by atoms with Gasteiger partial charge < -0.3 is 0 Å². The van der Waals surface area contributed by atoms with Crippen LogP contribution in [0, 0.1) is 0 Å². The topological polar surface area (TPSA) is 34.1 Å².